The van der Waals surface area contributed by atoms with Crippen LogP contribution in [-0.2, 0) is 22.0 Å². The van der Waals surface area contributed by atoms with E-state index in [0.717, 1.165) is 46.2 Å². The van der Waals surface area contributed by atoms with E-state index in [9.17, 15) is 15.0 Å². The Labute approximate surface area is 187 Å². The van der Waals surface area contributed by atoms with Crippen molar-refractivity contribution in [1.29, 1.82) is 0 Å². The van der Waals surface area contributed by atoms with Crippen LogP contribution in [0.3, 0.4) is 0 Å². The molecule has 0 unspecified atom stereocenters. The number of aromatic hydroxyl groups is 1. The highest BCUT2D eigenvalue weighted by molar-refractivity contribution is 6.15. The largest absolute Gasteiger partial charge is 0.507 e. The van der Waals surface area contributed by atoms with Gasteiger partial charge in [0.2, 0.25) is 0 Å². The van der Waals surface area contributed by atoms with Gasteiger partial charge in [-0.3, -0.25) is 0 Å². The predicted octanol–water partition coefficient (Wildman–Crippen LogP) is 7.07. The molecule has 0 saturated heterocycles. The molecule has 0 aromatic heterocycles. The molecule has 0 amide bonds. The highest BCUT2D eigenvalue weighted by Gasteiger charge is 2.28. The first kappa shape index (κ1) is 24.7. The van der Waals surface area contributed by atoms with Gasteiger partial charge in [0.25, 0.3) is 0 Å². The summed E-state index contributed by atoms with van der Waals surface area (Å²) in [6.45, 7) is 20.8. The van der Waals surface area contributed by atoms with E-state index in [4.69, 9.17) is 0 Å². The maximum absolute atomic E-state index is 12.0. The maximum Gasteiger partial charge on any atom is 0.335 e. The standard InChI is InChI=1S/C28H38O3/c1-10-27(6,7)22-14-17(3)12-20(24(22)19(5)26(30)31)16-21-13-18(4)15-23(25(21)29)28(8,9)11-2/h12-15,29H,5,10-11,16H2,1-4,6-9H3,(H,30,31). The molecule has 0 radical (unpaired) electrons. The molecule has 3 heteroatoms. The van der Waals surface area contributed by atoms with Crippen molar-refractivity contribution in [1.82, 2.24) is 0 Å². The second kappa shape index (κ2) is 8.90. The first-order chi connectivity index (χ1) is 14.2. The molecule has 2 rings (SSSR count). The number of hydrogen-bond donors (Lipinski definition) is 2. The van der Waals surface area contributed by atoms with Crippen molar-refractivity contribution >= 4 is 11.5 Å². The average Bonchev–Trinajstić information content (AvgIpc) is 2.69. The number of carboxylic acid groups (broad SMARTS) is 1. The minimum absolute atomic E-state index is 0.104. The number of benzene rings is 2. The summed E-state index contributed by atoms with van der Waals surface area (Å²) >= 11 is 0. The molecule has 0 aliphatic heterocycles. The van der Waals surface area contributed by atoms with E-state index in [1.807, 2.05) is 26.0 Å². The summed E-state index contributed by atoms with van der Waals surface area (Å²) in [4.78, 5) is 12.0. The summed E-state index contributed by atoms with van der Waals surface area (Å²) in [7, 11) is 0. The lowest BCUT2D eigenvalue weighted by Crippen LogP contribution is -2.21. The van der Waals surface area contributed by atoms with Crippen LogP contribution in [0.15, 0.2) is 30.8 Å². The molecule has 2 aromatic rings. The fraction of sp³-hybridized carbons (Fsp3) is 0.464. The highest BCUT2D eigenvalue weighted by atomic mass is 16.4. The van der Waals surface area contributed by atoms with Gasteiger partial charge in [0.1, 0.15) is 5.75 Å². The molecule has 0 heterocycles. The van der Waals surface area contributed by atoms with E-state index in [1.165, 1.54) is 0 Å². The molecule has 0 fully saturated rings. The fourth-order valence-electron chi connectivity index (χ4n) is 4.09. The summed E-state index contributed by atoms with van der Waals surface area (Å²) in [5.74, 6) is -0.707. The third kappa shape index (κ3) is 5.03. The highest BCUT2D eigenvalue weighted by Crippen LogP contribution is 2.40. The Morgan fingerprint density at radius 3 is 1.81 bits per heavy atom. The predicted molar refractivity (Wildman–Crippen MR) is 130 cm³/mol. The van der Waals surface area contributed by atoms with Crippen molar-refractivity contribution < 1.29 is 15.0 Å². The molecule has 168 valence electrons. The van der Waals surface area contributed by atoms with Gasteiger partial charge >= 0.3 is 5.97 Å². The summed E-state index contributed by atoms with van der Waals surface area (Å²) in [5, 5.41) is 21.0. The van der Waals surface area contributed by atoms with Gasteiger partial charge in [-0.2, -0.15) is 0 Å². The number of phenols is 1. The summed E-state index contributed by atoms with van der Waals surface area (Å²) < 4.78 is 0. The molecule has 0 aliphatic rings. The van der Waals surface area contributed by atoms with Gasteiger partial charge in [-0.25, -0.2) is 4.79 Å². The first-order valence-corrected chi connectivity index (χ1v) is 11.1. The Hall–Kier alpha value is -2.55. The smallest absolute Gasteiger partial charge is 0.335 e. The Balaban J connectivity index is 2.79. The molecular formula is C28H38O3. The van der Waals surface area contributed by atoms with Crippen molar-refractivity contribution in [2.75, 3.05) is 0 Å². The molecule has 0 bridgehead atoms. The molecular weight excluding hydrogens is 384 g/mol. The maximum atomic E-state index is 12.0. The third-order valence-electron chi connectivity index (χ3n) is 6.86. The summed E-state index contributed by atoms with van der Waals surface area (Å²) in [5.41, 5.74) is 6.27. The topological polar surface area (TPSA) is 57.5 Å². The zero-order valence-corrected chi connectivity index (χ0v) is 20.4. The number of carboxylic acids is 1. The van der Waals surface area contributed by atoms with Gasteiger partial charge in [-0.1, -0.05) is 83.5 Å². The van der Waals surface area contributed by atoms with Gasteiger partial charge in [-0.05, 0) is 59.8 Å². The molecule has 2 aromatic carbocycles. The zero-order valence-electron chi connectivity index (χ0n) is 20.4. The van der Waals surface area contributed by atoms with E-state index < -0.39 is 5.97 Å². The number of hydrogen-bond acceptors (Lipinski definition) is 2. The van der Waals surface area contributed by atoms with Crippen molar-refractivity contribution in [3.8, 4) is 5.75 Å². The molecule has 0 aliphatic carbocycles. The molecule has 3 nitrogen and oxygen atoms in total. The Morgan fingerprint density at radius 2 is 1.32 bits per heavy atom. The Morgan fingerprint density at radius 1 is 0.871 bits per heavy atom. The molecule has 31 heavy (non-hydrogen) atoms. The number of carbonyl (C=O) groups is 1. The minimum Gasteiger partial charge on any atom is -0.507 e. The van der Waals surface area contributed by atoms with E-state index in [0.29, 0.717) is 17.7 Å². The van der Waals surface area contributed by atoms with Gasteiger partial charge < -0.3 is 10.2 Å². The average molecular weight is 423 g/mol. The van der Waals surface area contributed by atoms with Crippen LogP contribution in [0.1, 0.15) is 93.3 Å². The van der Waals surface area contributed by atoms with Crippen molar-refractivity contribution in [2.24, 2.45) is 0 Å². The normalized spacial score (nSPS) is 12.1. The minimum atomic E-state index is -1.01. The lowest BCUT2D eigenvalue weighted by atomic mass is 9.75. The van der Waals surface area contributed by atoms with E-state index in [-0.39, 0.29) is 16.4 Å². The van der Waals surface area contributed by atoms with E-state index >= 15 is 0 Å². The van der Waals surface area contributed by atoms with Crippen LogP contribution in [0.5, 0.6) is 5.75 Å². The molecule has 0 atom stereocenters. The van der Waals surface area contributed by atoms with Crippen LogP contribution in [0, 0.1) is 13.8 Å². The van der Waals surface area contributed by atoms with Crippen LogP contribution >= 0.6 is 0 Å². The monoisotopic (exact) mass is 422 g/mol. The van der Waals surface area contributed by atoms with Crippen LogP contribution in [0.4, 0.5) is 0 Å². The van der Waals surface area contributed by atoms with E-state index in [1.54, 1.807) is 0 Å². The SMILES string of the molecule is C=C(C(=O)O)c1c(Cc2cc(C)cc(C(C)(C)CC)c2O)cc(C)cc1C(C)(C)CC. The van der Waals surface area contributed by atoms with Crippen molar-refractivity contribution in [3.63, 3.8) is 0 Å². The van der Waals surface area contributed by atoms with Crippen LogP contribution in [0.2, 0.25) is 0 Å². The van der Waals surface area contributed by atoms with Gasteiger partial charge in [0.15, 0.2) is 0 Å². The van der Waals surface area contributed by atoms with Gasteiger partial charge in [-0.15, -0.1) is 0 Å². The summed E-state index contributed by atoms with van der Waals surface area (Å²) in [6, 6.07) is 8.18. The van der Waals surface area contributed by atoms with Gasteiger partial charge in [0.05, 0.1) is 5.57 Å². The van der Waals surface area contributed by atoms with Crippen molar-refractivity contribution in [3.05, 3.63) is 69.8 Å². The third-order valence-corrected chi connectivity index (χ3v) is 6.86. The van der Waals surface area contributed by atoms with Crippen LogP contribution < -0.4 is 0 Å². The Kier molecular flexibility index (Phi) is 7.10. The molecule has 2 N–H and O–H groups in total. The lowest BCUT2D eigenvalue weighted by molar-refractivity contribution is -0.130. The van der Waals surface area contributed by atoms with Crippen LogP contribution in [0.25, 0.3) is 5.57 Å². The zero-order chi connectivity index (χ0) is 23.7. The quantitative estimate of drug-likeness (QED) is 0.447. The van der Waals surface area contributed by atoms with E-state index in [2.05, 4.69) is 60.3 Å². The number of aliphatic carboxylic acids is 1. The Bertz CT molecular complexity index is 1010. The van der Waals surface area contributed by atoms with Gasteiger partial charge in [0, 0.05) is 12.0 Å². The first-order valence-electron chi connectivity index (χ1n) is 11.1. The van der Waals surface area contributed by atoms with Crippen molar-refractivity contribution in [2.45, 2.75) is 85.5 Å². The number of aryl methyl sites for hydroxylation is 2. The van der Waals surface area contributed by atoms with Crippen LogP contribution in [-0.4, -0.2) is 16.2 Å². The number of phenolic OH excluding ortho intramolecular Hbond substituents is 1. The fourth-order valence-corrected chi connectivity index (χ4v) is 4.09. The number of rotatable bonds is 8. The summed E-state index contributed by atoms with van der Waals surface area (Å²) in [6.07, 6.45) is 2.24. The second-order valence-electron chi connectivity index (χ2n) is 10.1. The lowest BCUT2D eigenvalue weighted by Gasteiger charge is -2.29. The second-order valence-corrected chi connectivity index (χ2v) is 10.1. The molecule has 0 spiro atoms. The molecule has 0 saturated carbocycles.